The van der Waals surface area contributed by atoms with Gasteiger partial charge in [0.1, 0.15) is 0 Å². The third-order valence-corrected chi connectivity index (χ3v) is 13.3. The van der Waals surface area contributed by atoms with Crippen molar-refractivity contribution in [2.75, 3.05) is 0 Å². The molecule has 0 unspecified atom stereocenters. The molecule has 284 valence electrons. The van der Waals surface area contributed by atoms with E-state index in [-0.39, 0.29) is 17.4 Å². The minimum atomic E-state index is -5.34. The van der Waals surface area contributed by atoms with Crippen LogP contribution in [0.4, 0.5) is 52.7 Å². The first-order valence-corrected chi connectivity index (χ1v) is 18.4. The molecule has 0 aliphatic heterocycles. The van der Waals surface area contributed by atoms with Gasteiger partial charge < -0.3 is 0 Å². The highest BCUT2D eigenvalue weighted by molar-refractivity contribution is 9.10. The Bertz CT molecular complexity index is 1990. The van der Waals surface area contributed by atoms with Gasteiger partial charge in [0, 0.05) is 9.89 Å². The van der Waals surface area contributed by atoms with E-state index in [1.807, 2.05) is 52.8 Å². The SMILES string of the molecule is Cc1cc(Br)c2c(c1)C(C)(C)C[C@@]21CC(C)(C)c2cc(C)cc(P(c3cc(C(F)(F)F)cc(C(F)(F)F)c3)c3cc(C(F)(F)F)cc(C(F)(F)F)c3)c21. The van der Waals surface area contributed by atoms with Crippen molar-refractivity contribution in [2.45, 2.75) is 95.3 Å². The van der Waals surface area contributed by atoms with Crippen LogP contribution in [0.25, 0.3) is 0 Å². The first-order chi connectivity index (χ1) is 24.0. The monoisotopic (exact) mass is 838 g/mol. The topological polar surface area (TPSA) is 0 Å². The number of rotatable bonds is 3. The number of alkyl halides is 12. The van der Waals surface area contributed by atoms with Gasteiger partial charge >= 0.3 is 24.7 Å². The highest BCUT2D eigenvalue weighted by Crippen LogP contribution is 2.65. The molecule has 4 aromatic rings. The number of fused-ring (bicyclic) bond motifs is 4. The van der Waals surface area contributed by atoms with Crippen molar-refractivity contribution in [1.82, 2.24) is 0 Å². The largest absolute Gasteiger partial charge is 0.416 e. The van der Waals surface area contributed by atoms with Crippen molar-refractivity contribution in [1.29, 1.82) is 0 Å². The highest BCUT2D eigenvalue weighted by Gasteiger charge is 2.58. The molecule has 1 spiro atoms. The van der Waals surface area contributed by atoms with Gasteiger partial charge in [0.15, 0.2) is 0 Å². The highest BCUT2D eigenvalue weighted by atomic mass is 79.9. The van der Waals surface area contributed by atoms with Gasteiger partial charge in [-0.05, 0) is 132 Å². The van der Waals surface area contributed by atoms with Gasteiger partial charge in [-0.2, -0.15) is 52.7 Å². The van der Waals surface area contributed by atoms with Crippen LogP contribution < -0.4 is 15.9 Å². The first kappa shape index (κ1) is 39.6. The molecule has 0 N–H and O–H groups in total. The van der Waals surface area contributed by atoms with Crippen LogP contribution in [0.1, 0.15) is 96.2 Å². The van der Waals surface area contributed by atoms with E-state index in [4.69, 9.17) is 0 Å². The summed E-state index contributed by atoms with van der Waals surface area (Å²) in [7, 11) is -2.95. The summed E-state index contributed by atoms with van der Waals surface area (Å²) in [5.74, 6) is 0. The minimum Gasteiger partial charge on any atom is -0.166 e. The van der Waals surface area contributed by atoms with Gasteiger partial charge in [-0.3, -0.25) is 0 Å². The third-order valence-electron chi connectivity index (χ3n) is 10.3. The second-order valence-electron chi connectivity index (χ2n) is 15.4. The molecule has 6 rings (SSSR count). The van der Waals surface area contributed by atoms with Crippen molar-refractivity contribution >= 4 is 39.8 Å². The summed E-state index contributed by atoms with van der Waals surface area (Å²) in [6, 6.07) is 8.69. The average Bonchev–Trinajstić information content (AvgIpc) is 3.34. The summed E-state index contributed by atoms with van der Waals surface area (Å²) in [4.78, 5) is 0. The number of halogens is 13. The average molecular weight is 840 g/mol. The van der Waals surface area contributed by atoms with Crippen LogP contribution in [-0.4, -0.2) is 0 Å². The first-order valence-electron chi connectivity index (χ1n) is 16.3. The molecular weight excluding hydrogens is 807 g/mol. The van der Waals surface area contributed by atoms with Crippen LogP contribution in [0.3, 0.4) is 0 Å². The minimum absolute atomic E-state index is 0.0941. The zero-order valence-corrected chi connectivity index (χ0v) is 31.5. The lowest BCUT2D eigenvalue weighted by Crippen LogP contribution is -2.34. The summed E-state index contributed by atoms with van der Waals surface area (Å²) in [5, 5.41) is -1.29. The molecule has 53 heavy (non-hydrogen) atoms. The molecule has 14 heteroatoms. The molecule has 0 bridgehead atoms. The molecule has 0 nitrogen and oxygen atoms in total. The molecule has 0 radical (unpaired) electrons. The molecule has 0 aromatic heterocycles. The van der Waals surface area contributed by atoms with E-state index in [2.05, 4.69) is 15.9 Å². The molecule has 0 amide bonds. The Balaban J connectivity index is 1.83. The molecule has 2 aliphatic rings. The summed E-state index contributed by atoms with van der Waals surface area (Å²) < 4.78 is 173. The second-order valence-corrected chi connectivity index (χ2v) is 18.5. The maximum absolute atomic E-state index is 14.3. The van der Waals surface area contributed by atoms with E-state index < -0.39 is 81.7 Å². The van der Waals surface area contributed by atoms with Crippen molar-refractivity contribution in [3.05, 3.63) is 121 Å². The van der Waals surface area contributed by atoms with E-state index in [9.17, 15) is 52.7 Å². The predicted molar refractivity (Wildman–Crippen MR) is 185 cm³/mol. The zero-order valence-electron chi connectivity index (χ0n) is 29.0. The molecule has 2 aliphatic carbocycles. The molecule has 1 atom stereocenters. The Morgan fingerprint density at radius 1 is 0.491 bits per heavy atom. The molecule has 0 fully saturated rings. The van der Waals surface area contributed by atoms with Gasteiger partial charge in [0.05, 0.1) is 22.3 Å². The Labute approximate surface area is 307 Å². The lowest BCUT2D eigenvalue weighted by Gasteiger charge is -2.34. The number of benzene rings is 4. The van der Waals surface area contributed by atoms with Crippen LogP contribution in [-0.2, 0) is 41.0 Å². The van der Waals surface area contributed by atoms with Crippen molar-refractivity contribution in [2.24, 2.45) is 0 Å². The van der Waals surface area contributed by atoms with Gasteiger partial charge in [-0.25, -0.2) is 0 Å². The smallest absolute Gasteiger partial charge is 0.166 e. The molecule has 0 heterocycles. The van der Waals surface area contributed by atoms with E-state index in [0.717, 1.165) is 16.7 Å². The standard InChI is InChI=1S/C39H32BrF12P/c1-19-7-27-31(29(40)9-19)35(17-33(27,3)4)18-34(5,6)28-8-20(2)10-30(32(28)35)53(25-13-21(36(41,42)43)11-22(14-25)37(44,45)46)26-15-23(38(47,48)49)12-24(16-26)39(50,51)52/h7-16H,17-18H2,1-6H3/t35-/m1/s1. The van der Waals surface area contributed by atoms with Gasteiger partial charge in [0.2, 0.25) is 0 Å². The third kappa shape index (κ3) is 6.91. The summed E-state index contributed by atoms with van der Waals surface area (Å²) in [5.41, 5.74) is -4.82. The van der Waals surface area contributed by atoms with Crippen LogP contribution in [0.2, 0.25) is 0 Å². The fraction of sp³-hybridized carbons (Fsp3) is 0.385. The number of hydrogen-bond donors (Lipinski definition) is 0. The Kier molecular flexibility index (Phi) is 9.14. The van der Waals surface area contributed by atoms with Crippen LogP contribution in [0.5, 0.6) is 0 Å². The van der Waals surface area contributed by atoms with Crippen molar-refractivity contribution in [3.63, 3.8) is 0 Å². The molecule has 0 saturated heterocycles. The summed E-state index contributed by atoms with van der Waals surface area (Å²) >= 11 is 3.72. The molecule has 4 aromatic carbocycles. The van der Waals surface area contributed by atoms with Crippen LogP contribution >= 0.6 is 23.9 Å². The summed E-state index contributed by atoms with van der Waals surface area (Å²) in [6.45, 7) is 11.4. The maximum atomic E-state index is 14.3. The lowest BCUT2D eigenvalue weighted by molar-refractivity contribution is -0.144. The van der Waals surface area contributed by atoms with E-state index in [1.54, 1.807) is 6.92 Å². The number of hydrogen-bond acceptors (Lipinski definition) is 0. The van der Waals surface area contributed by atoms with Crippen molar-refractivity contribution < 1.29 is 52.7 Å². The van der Waals surface area contributed by atoms with Gasteiger partial charge in [-0.15, -0.1) is 0 Å². The second kappa shape index (κ2) is 12.2. The predicted octanol–water partition coefficient (Wildman–Crippen LogP) is 12.5. The fourth-order valence-corrected chi connectivity index (χ4v) is 12.3. The Hall–Kier alpha value is -3.05. The van der Waals surface area contributed by atoms with Crippen LogP contribution in [0.15, 0.2) is 65.1 Å². The van der Waals surface area contributed by atoms with Gasteiger partial charge in [0.25, 0.3) is 0 Å². The van der Waals surface area contributed by atoms with E-state index in [0.29, 0.717) is 58.3 Å². The normalized spacial score (nSPS) is 19.6. The van der Waals surface area contributed by atoms with E-state index in [1.165, 1.54) is 6.07 Å². The zero-order chi connectivity index (χ0) is 39.6. The summed E-state index contributed by atoms with van der Waals surface area (Å²) in [6.07, 6.45) is -20.5. The molecule has 0 saturated carbocycles. The fourth-order valence-electron chi connectivity index (χ4n) is 8.55. The van der Waals surface area contributed by atoms with Gasteiger partial charge in [-0.1, -0.05) is 67.4 Å². The number of aryl methyl sites for hydroxylation is 2. The molecular formula is C39H32BrF12P. The van der Waals surface area contributed by atoms with Crippen LogP contribution in [0, 0.1) is 13.8 Å². The Morgan fingerprint density at radius 2 is 0.830 bits per heavy atom. The Morgan fingerprint density at radius 3 is 1.19 bits per heavy atom. The lowest BCUT2D eigenvalue weighted by atomic mass is 9.72. The maximum Gasteiger partial charge on any atom is 0.416 e. The van der Waals surface area contributed by atoms with E-state index >= 15 is 0 Å². The van der Waals surface area contributed by atoms with Crippen molar-refractivity contribution in [3.8, 4) is 0 Å². The quantitative estimate of drug-likeness (QED) is 0.142.